The van der Waals surface area contributed by atoms with Crippen molar-refractivity contribution < 1.29 is 13.2 Å². The van der Waals surface area contributed by atoms with Crippen LogP contribution in [0, 0.1) is 12.8 Å². The molecule has 0 spiro atoms. The third-order valence-corrected chi connectivity index (χ3v) is 8.43. The highest BCUT2D eigenvalue weighted by atomic mass is 32.2. The van der Waals surface area contributed by atoms with Crippen LogP contribution in [0.15, 0.2) is 76.4 Å². The van der Waals surface area contributed by atoms with Gasteiger partial charge in [-0.3, -0.25) is 9.59 Å². The Hall–Kier alpha value is -3.23. The van der Waals surface area contributed by atoms with Crippen LogP contribution in [0.4, 0.5) is 5.69 Å². The fraction of sp³-hybridized carbons (Fsp3) is 0.280. The van der Waals surface area contributed by atoms with E-state index in [0.717, 1.165) is 17.7 Å². The minimum atomic E-state index is -3.69. The van der Waals surface area contributed by atoms with Crippen LogP contribution in [-0.2, 0) is 16.6 Å². The van der Waals surface area contributed by atoms with E-state index in [1.807, 2.05) is 25.1 Å². The lowest BCUT2D eigenvalue weighted by Crippen LogP contribution is -2.48. The summed E-state index contributed by atoms with van der Waals surface area (Å²) in [5.41, 5.74) is 2.86. The molecule has 1 aromatic heterocycles. The van der Waals surface area contributed by atoms with Crippen molar-refractivity contribution in [2.45, 2.75) is 30.7 Å². The third-order valence-electron chi connectivity index (χ3n) is 6.59. The van der Waals surface area contributed by atoms with Gasteiger partial charge in [0.1, 0.15) is 0 Å². The number of amides is 1. The number of carbonyl (C=O) groups is 1. The van der Waals surface area contributed by atoms with Crippen LogP contribution < -0.4 is 10.9 Å². The summed E-state index contributed by atoms with van der Waals surface area (Å²) in [6, 6.07) is 18.8. The number of aryl methyl sites for hydroxylation is 1. The number of nitrogens with one attached hydrogen (secondary N) is 1. The molecular formula is C25H25N3O4S. The first-order valence-electron chi connectivity index (χ1n) is 11.0. The van der Waals surface area contributed by atoms with E-state index in [1.54, 1.807) is 41.0 Å². The molecule has 0 aliphatic carbocycles. The summed E-state index contributed by atoms with van der Waals surface area (Å²) in [4.78, 5) is 24.9. The summed E-state index contributed by atoms with van der Waals surface area (Å²) < 4.78 is 30.1. The van der Waals surface area contributed by atoms with Gasteiger partial charge < -0.3 is 9.88 Å². The highest BCUT2D eigenvalue weighted by Gasteiger charge is 2.39. The van der Waals surface area contributed by atoms with Gasteiger partial charge in [0.15, 0.2) is 0 Å². The zero-order chi connectivity index (χ0) is 23.2. The van der Waals surface area contributed by atoms with E-state index in [2.05, 4.69) is 5.32 Å². The zero-order valence-corrected chi connectivity index (χ0v) is 19.1. The summed E-state index contributed by atoms with van der Waals surface area (Å²) in [7, 11) is -3.69. The molecule has 3 aromatic rings. The van der Waals surface area contributed by atoms with Gasteiger partial charge in [-0.1, -0.05) is 24.3 Å². The Morgan fingerprint density at radius 1 is 0.939 bits per heavy atom. The monoisotopic (exact) mass is 463 g/mol. The van der Waals surface area contributed by atoms with Crippen LogP contribution >= 0.6 is 0 Å². The van der Waals surface area contributed by atoms with Gasteiger partial charge in [-0.25, -0.2) is 8.42 Å². The molecule has 3 heterocycles. The molecule has 7 nitrogen and oxygen atoms in total. The quantitative estimate of drug-likeness (QED) is 0.644. The Labute approximate surface area is 192 Å². The van der Waals surface area contributed by atoms with Crippen LogP contribution in [0.25, 0.3) is 0 Å². The van der Waals surface area contributed by atoms with Crippen molar-refractivity contribution in [1.29, 1.82) is 0 Å². The molecule has 2 bridgehead atoms. The van der Waals surface area contributed by atoms with Crippen LogP contribution in [0.5, 0.6) is 0 Å². The largest absolute Gasteiger partial charge is 0.322 e. The maximum Gasteiger partial charge on any atom is 0.255 e. The maximum absolute atomic E-state index is 13.4. The lowest BCUT2D eigenvalue weighted by atomic mass is 9.84. The number of hydrogen-bond donors (Lipinski definition) is 1. The topological polar surface area (TPSA) is 88.5 Å². The van der Waals surface area contributed by atoms with Crippen molar-refractivity contribution in [2.24, 2.45) is 5.92 Å². The number of carbonyl (C=O) groups excluding carboxylic acids is 1. The van der Waals surface area contributed by atoms with E-state index in [1.165, 1.54) is 16.4 Å². The highest BCUT2D eigenvalue weighted by molar-refractivity contribution is 7.89. The third kappa shape index (κ3) is 4.00. The normalized spacial score (nSPS) is 20.2. The van der Waals surface area contributed by atoms with E-state index in [9.17, 15) is 18.0 Å². The lowest BCUT2D eigenvalue weighted by Gasteiger charge is -2.42. The molecule has 2 aliphatic rings. The van der Waals surface area contributed by atoms with Gasteiger partial charge in [-0.2, -0.15) is 4.31 Å². The molecule has 33 heavy (non-hydrogen) atoms. The van der Waals surface area contributed by atoms with Crippen molar-refractivity contribution in [2.75, 3.05) is 18.4 Å². The van der Waals surface area contributed by atoms with E-state index >= 15 is 0 Å². The number of aromatic nitrogens is 1. The molecule has 1 saturated heterocycles. The van der Waals surface area contributed by atoms with Crippen LogP contribution in [0.1, 0.15) is 34.0 Å². The number of nitrogens with zero attached hydrogens (tertiary/aromatic N) is 2. The first-order chi connectivity index (χ1) is 15.8. The van der Waals surface area contributed by atoms with Crippen molar-refractivity contribution in [1.82, 2.24) is 8.87 Å². The number of rotatable bonds is 4. The Bertz CT molecular complexity index is 1380. The van der Waals surface area contributed by atoms with Crippen molar-refractivity contribution in [3.63, 3.8) is 0 Å². The first-order valence-corrected chi connectivity index (χ1v) is 12.4. The number of benzene rings is 2. The molecule has 170 valence electrons. The van der Waals surface area contributed by atoms with Crippen molar-refractivity contribution in [3.05, 3.63) is 93.9 Å². The van der Waals surface area contributed by atoms with Gasteiger partial charge >= 0.3 is 0 Å². The number of sulfonamides is 1. The molecule has 0 radical (unpaired) electrons. The van der Waals surface area contributed by atoms with Crippen molar-refractivity contribution >= 4 is 21.6 Å². The number of piperidine rings is 1. The van der Waals surface area contributed by atoms with Gasteiger partial charge in [0.2, 0.25) is 10.0 Å². The number of pyridine rings is 1. The predicted molar refractivity (Wildman–Crippen MR) is 126 cm³/mol. The Kier molecular flexibility index (Phi) is 5.42. The van der Waals surface area contributed by atoms with E-state index < -0.39 is 10.0 Å². The summed E-state index contributed by atoms with van der Waals surface area (Å²) >= 11 is 0. The van der Waals surface area contributed by atoms with Crippen molar-refractivity contribution in [3.8, 4) is 0 Å². The van der Waals surface area contributed by atoms with E-state index in [-0.39, 0.29) is 28.2 Å². The highest BCUT2D eigenvalue weighted by Crippen LogP contribution is 2.37. The predicted octanol–water partition coefficient (Wildman–Crippen LogP) is 3.22. The standard InChI is InChI=1S/C25H25N3O4S/c1-17-5-2-3-6-22(17)25(30)26-20-9-11-21(12-10-20)33(31,32)27-14-18-13-19(16-27)23-7-4-8-24(29)28(23)15-18/h2-12,18-19H,13-16H2,1H3,(H,26,30). The molecule has 2 unspecified atom stereocenters. The Morgan fingerprint density at radius 2 is 1.70 bits per heavy atom. The van der Waals surface area contributed by atoms with Gasteiger partial charge in [0, 0.05) is 48.6 Å². The molecule has 5 rings (SSSR count). The van der Waals surface area contributed by atoms with Crippen LogP contribution in [0.3, 0.4) is 0 Å². The van der Waals surface area contributed by atoms with Gasteiger partial charge in [-0.15, -0.1) is 0 Å². The Balaban J connectivity index is 1.34. The molecule has 1 N–H and O–H groups in total. The van der Waals surface area contributed by atoms with Crippen LogP contribution in [0.2, 0.25) is 0 Å². The molecule has 0 saturated carbocycles. The lowest BCUT2D eigenvalue weighted by molar-refractivity contribution is 0.102. The Morgan fingerprint density at radius 3 is 2.45 bits per heavy atom. The van der Waals surface area contributed by atoms with Gasteiger partial charge in [0.05, 0.1) is 4.90 Å². The fourth-order valence-electron chi connectivity index (χ4n) is 4.93. The minimum Gasteiger partial charge on any atom is -0.322 e. The van der Waals surface area contributed by atoms with Gasteiger partial charge in [-0.05, 0) is 61.2 Å². The summed E-state index contributed by atoms with van der Waals surface area (Å²) in [6.07, 6.45) is 0.888. The number of anilines is 1. The SMILES string of the molecule is Cc1ccccc1C(=O)Nc1ccc(S(=O)(=O)N2CC3CC(C2)c2cccc(=O)n2C3)cc1. The molecule has 8 heteroatoms. The second kappa shape index (κ2) is 8.28. The second-order valence-electron chi connectivity index (χ2n) is 8.81. The first kappa shape index (κ1) is 21.6. The second-order valence-corrected chi connectivity index (χ2v) is 10.8. The van der Waals surface area contributed by atoms with Gasteiger partial charge in [0.25, 0.3) is 11.5 Å². The zero-order valence-electron chi connectivity index (χ0n) is 18.3. The van der Waals surface area contributed by atoms with E-state index in [0.29, 0.717) is 30.9 Å². The molecule has 2 atom stereocenters. The molecule has 2 aliphatic heterocycles. The maximum atomic E-state index is 13.4. The molecule has 1 amide bonds. The summed E-state index contributed by atoms with van der Waals surface area (Å²) in [5, 5.41) is 2.83. The van der Waals surface area contributed by atoms with E-state index in [4.69, 9.17) is 0 Å². The number of fused-ring (bicyclic) bond motifs is 4. The smallest absolute Gasteiger partial charge is 0.255 e. The summed E-state index contributed by atoms with van der Waals surface area (Å²) in [6.45, 7) is 3.16. The van der Waals surface area contributed by atoms with Crippen LogP contribution in [-0.4, -0.2) is 36.3 Å². The average molecular weight is 464 g/mol. The molecule has 1 fully saturated rings. The number of hydrogen-bond acceptors (Lipinski definition) is 4. The summed E-state index contributed by atoms with van der Waals surface area (Å²) in [5.74, 6) is -0.117. The minimum absolute atomic E-state index is 0.00819. The molecular weight excluding hydrogens is 438 g/mol. The molecule has 2 aromatic carbocycles. The average Bonchev–Trinajstić information content (AvgIpc) is 2.80. The fourth-order valence-corrected chi connectivity index (χ4v) is 6.50.